The Morgan fingerprint density at radius 3 is 2.88 bits per heavy atom. The number of piperidine rings is 1. The van der Waals surface area contributed by atoms with Crippen molar-refractivity contribution in [2.24, 2.45) is 5.92 Å². The molecule has 1 saturated carbocycles. The summed E-state index contributed by atoms with van der Waals surface area (Å²) in [7, 11) is 0. The zero-order valence-corrected chi connectivity index (χ0v) is 10.2. The summed E-state index contributed by atoms with van der Waals surface area (Å²) in [5.74, 6) is 2.95. The fourth-order valence-corrected chi connectivity index (χ4v) is 2.34. The summed E-state index contributed by atoms with van der Waals surface area (Å²) < 4.78 is 0. The van der Waals surface area contributed by atoms with Crippen molar-refractivity contribution in [1.29, 1.82) is 0 Å². The summed E-state index contributed by atoms with van der Waals surface area (Å²) >= 11 is 0. The highest BCUT2D eigenvalue weighted by Crippen LogP contribution is 2.38. The normalized spacial score (nSPS) is 29.4. The maximum atomic E-state index is 9.92. The first-order chi connectivity index (χ1) is 8.24. The molecule has 4 nitrogen and oxygen atoms in total. The van der Waals surface area contributed by atoms with Gasteiger partial charge in [-0.15, -0.1) is 0 Å². The Morgan fingerprint density at radius 1 is 1.35 bits per heavy atom. The molecule has 2 fully saturated rings. The topological polar surface area (TPSA) is 49.2 Å². The molecule has 1 aliphatic carbocycles. The van der Waals surface area contributed by atoms with Gasteiger partial charge in [-0.1, -0.05) is 6.92 Å². The Balaban J connectivity index is 1.76. The average molecular weight is 233 g/mol. The summed E-state index contributed by atoms with van der Waals surface area (Å²) in [6.07, 6.45) is 5.10. The number of aliphatic hydroxyl groups is 1. The van der Waals surface area contributed by atoms with E-state index in [2.05, 4.69) is 21.8 Å². The van der Waals surface area contributed by atoms with E-state index in [0.29, 0.717) is 18.4 Å². The highest BCUT2D eigenvalue weighted by molar-refractivity contribution is 5.39. The maximum absolute atomic E-state index is 9.92. The van der Waals surface area contributed by atoms with E-state index in [1.54, 1.807) is 0 Å². The fraction of sp³-hybridized carbons (Fsp3) is 0.692. The van der Waals surface area contributed by atoms with Gasteiger partial charge in [0.25, 0.3) is 0 Å². The number of nitrogens with zero attached hydrogens (tertiary/aromatic N) is 3. The standard InChI is InChI=1S/C13H19N3O/c1-9-5-7-16(8-11(9)17)12-4-6-14-13(15-12)10-2-3-10/h4,6,9-11,17H,2-3,5,7-8H2,1H3. The molecular formula is C13H19N3O. The molecule has 2 atom stereocenters. The molecule has 0 aromatic carbocycles. The molecule has 1 aromatic heterocycles. The van der Waals surface area contributed by atoms with E-state index in [0.717, 1.165) is 24.6 Å². The van der Waals surface area contributed by atoms with Crippen LogP contribution in [0.25, 0.3) is 0 Å². The third kappa shape index (κ3) is 2.27. The molecule has 1 saturated heterocycles. The number of hydrogen-bond acceptors (Lipinski definition) is 4. The second-order valence-corrected chi connectivity index (χ2v) is 5.33. The number of anilines is 1. The summed E-state index contributed by atoms with van der Waals surface area (Å²) in [6, 6.07) is 1.95. The Morgan fingerprint density at radius 2 is 2.18 bits per heavy atom. The number of aliphatic hydroxyl groups excluding tert-OH is 1. The SMILES string of the molecule is CC1CCN(c2ccnc(C3CC3)n2)CC1O. The van der Waals surface area contributed by atoms with Gasteiger partial charge in [0.05, 0.1) is 6.10 Å². The molecule has 2 unspecified atom stereocenters. The predicted molar refractivity (Wildman–Crippen MR) is 66.0 cm³/mol. The zero-order chi connectivity index (χ0) is 11.8. The molecule has 2 heterocycles. The van der Waals surface area contributed by atoms with Crippen molar-refractivity contribution >= 4 is 5.82 Å². The number of β-amino-alcohol motifs (C(OH)–C–C–N with tert-alkyl or cyclic N) is 1. The number of rotatable bonds is 2. The number of aromatic nitrogens is 2. The van der Waals surface area contributed by atoms with Crippen LogP contribution in [0.1, 0.15) is 37.9 Å². The lowest BCUT2D eigenvalue weighted by atomic mass is 9.96. The van der Waals surface area contributed by atoms with Crippen LogP contribution < -0.4 is 4.90 Å². The van der Waals surface area contributed by atoms with E-state index in [4.69, 9.17) is 0 Å². The molecule has 0 bridgehead atoms. The van der Waals surface area contributed by atoms with Gasteiger partial charge in [0.2, 0.25) is 0 Å². The van der Waals surface area contributed by atoms with Gasteiger partial charge in [0.1, 0.15) is 11.6 Å². The minimum absolute atomic E-state index is 0.233. The lowest BCUT2D eigenvalue weighted by Crippen LogP contribution is -2.43. The van der Waals surface area contributed by atoms with Crippen molar-refractivity contribution in [3.8, 4) is 0 Å². The van der Waals surface area contributed by atoms with Crippen LogP contribution in [0.4, 0.5) is 5.82 Å². The first-order valence-electron chi connectivity index (χ1n) is 6.50. The highest BCUT2D eigenvalue weighted by atomic mass is 16.3. The molecular weight excluding hydrogens is 214 g/mol. The van der Waals surface area contributed by atoms with Gasteiger partial charge in [-0.2, -0.15) is 0 Å². The van der Waals surface area contributed by atoms with Gasteiger partial charge in [-0.25, -0.2) is 9.97 Å². The Bertz CT molecular complexity index is 405. The van der Waals surface area contributed by atoms with E-state index >= 15 is 0 Å². The van der Waals surface area contributed by atoms with Crippen molar-refractivity contribution in [3.63, 3.8) is 0 Å². The molecule has 17 heavy (non-hydrogen) atoms. The smallest absolute Gasteiger partial charge is 0.133 e. The Labute approximate surface area is 102 Å². The van der Waals surface area contributed by atoms with E-state index in [-0.39, 0.29) is 6.10 Å². The van der Waals surface area contributed by atoms with Crippen molar-refractivity contribution in [1.82, 2.24) is 9.97 Å². The third-order valence-corrected chi connectivity index (χ3v) is 3.84. The van der Waals surface area contributed by atoms with Gasteiger partial charge in [-0.3, -0.25) is 0 Å². The summed E-state index contributed by atoms with van der Waals surface area (Å²) in [6.45, 7) is 3.79. The highest BCUT2D eigenvalue weighted by Gasteiger charge is 2.28. The van der Waals surface area contributed by atoms with Crippen molar-refractivity contribution < 1.29 is 5.11 Å². The number of hydrogen-bond donors (Lipinski definition) is 1. The fourth-order valence-electron chi connectivity index (χ4n) is 2.34. The molecule has 1 aromatic rings. The van der Waals surface area contributed by atoms with Crippen LogP contribution >= 0.6 is 0 Å². The minimum Gasteiger partial charge on any atom is -0.391 e. The first kappa shape index (κ1) is 11.0. The minimum atomic E-state index is -0.233. The lowest BCUT2D eigenvalue weighted by molar-refractivity contribution is 0.102. The monoisotopic (exact) mass is 233 g/mol. The second-order valence-electron chi connectivity index (χ2n) is 5.33. The van der Waals surface area contributed by atoms with Crippen molar-refractivity contribution in [3.05, 3.63) is 18.1 Å². The van der Waals surface area contributed by atoms with E-state index < -0.39 is 0 Å². The molecule has 3 rings (SSSR count). The van der Waals surface area contributed by atoms with Crippen LogP contribution in [-0.2, 0) is 0 Å². The lowest BCUT2D eigenvalue weighted by Gasteiger charge is -2.35. The molecule has 1 aliphatic heterocycles. The van der Waals surface area contributed by atoms with Gasteiger partial charge in [0, 0.05) is 25.2 Å². The van der Waals surface area contributed by atoms with Gasteiger partial charge < -0.3 is 10.0 Å². The van der Waals surface area contributed by atoms with Crippen LogP contribution in [0, 0.1) is 5.92 Å². The molecule has 92 valence electrons. The van der Waals surface area contributed by atoms with Gasteiger partial charge in [0.15, 0.2) is 0 Å². The zero-order valence-electron chi connectivity index (χ0n) is 10.2. The molecule has 1 N–H and O–H groups in total. The molecule has 2 aliphatic rings. The largest absolute Gasteiger partial charge is 0.391 e. The van der Waals surface area contributed by atoms with Crippen LogP contribution in [0.5, 0.6) is 0 Å². The molecule has 0 amide bonds. The van der Waals surface area contributed by atoms with E-state index in [9.17, 15) is 5.11 Å². The predicted octanol–water partition coefficient (Wildman–Crippen LogP) is 1.56. The van der Waals surface area contributed by atoms with Crippen LogP contribution in [0.3, 0.4) is 0 Å². The molecule has 4 heteroatoms. The summed E-state index contributed by atoms with van der Waals surface area (Å²) in [5, 5.41) is 9.92. The van der Waals surface area contributed by atoms with E-state index in [1.165, 1.54) is 12.8 Å². The second kappa shape index (κ2) is 4.26. The van der Waals surface area contributed by atoms with Gasteiger partial charge >= 0.3 is 0 Å². The quantitative estimate of drug-likeness (QED) is 0.842. The third-order valence-electron chi connectivity index (χ3n) is 3.84. The molecule has 0 spiro atoms. The maximum Gasteiger partial charge on any atom is 0.133 e. The molecule has 0 radical (unpaired) electrons. The average Bonchev–Trinajstić information content (AvgIpc) is 3.17. The van der Waals surface area contributed by atoms with Crippen LogP contribution in [-0.4, -0.2) is 34.3 Å². The first-order valence-corrected chi connectivity index (χ1v) is 6.50. The summed E-state index contributed by atoms with van der Waals surface area (Å²) in [5.41, 5.74) is 0. The summed E-state index contributed by atoms with van der Waals surface area (Å²) in [4.78, 5) is 11.1. The Kier molecular flexibility index (Phi) is 2.74. The van der Waals surface area contributed by atoms with Crippen LogP contribution in [0.15, 0.2) is 12.3 Å². The van der Waals surface area contributed by atoms with Crippen LogP contribution in [0.2, 0.25) is 0 Å². The van der Waals surface area contributed by atoms with Gasteiger partial charge in [-0.05, 0) is 31.2 Å². The Hall–Kier alpha value is -1.16. The van der Waals surface area contributed by atoms with Crippen molar-refractivity contribution in [2.75, 3.05) is 18.0 Å². The van der Waals surface area contributed by atoms with E-state index in [1.807, 2.05) is 12.3 Å². The van der Waals surface area contributed by atoms with Crippen molar-refractivity contribution in [2.45, 2.75) is 38.2 Å².